The summed E-state index contributed by atoms with van der Waals surface area (Å²) < 4.78 is 26.1. The van der Waals surface area contributed by atoms with Crippen molar-refractivity contribution in [3.63, 3.8) is 0 Å². The van der Waals surface area contributed by atoms with Crippen LogP contribution in [0.2, 0.25) is 0 Å². The zero-order valence-electron chi connectivity index (χ0n) is 13.4. The summed E-state index contributed by atoms with van der Waals surface area (Å²) in [5.74, 6) is -0.0940. The third-order valence-electron chi connectivity index (χ3n) is 5.85. The van der Waals surface area contributed by atoms with Gasteiger partial charge in [-0.05, 0) is 45.4 Å². The van der Waals surface area contributed by atoms with E-state index in [0.29, 0.717) is 32.5 Å². The molecule has 7 nitrogen and oxygen atoms in total. The standard InChI is InChI=1S/C15H23N3O4S/c1-15-7-2-8-17(15)14(20)18(13(15)19)11-5-9-16(10-6-11)23(21,22)12-3-4-12/h11-12H,2-10H2,1H3/t15-/m0/s1. The van der Waals surface area contributed by atoms with Gasteiger partial charge in [-0.3, -0.25) is 9.69 Å². The maximum absolute atomic E-state index is 12.7. The number of sulfonamides is 1. The molecule has 1 saturated carbocycles. The summed E-state index contributed by atoms with van der Waals surface area (Å²) in [5, 5.41) is -0.196. The Kier molecular flexibility index (Phi) is 3.29. The van der Waals surface area contributed by atoms with Gasteiger partial charge in [-0.1, -0.05) is 0 Å². The van der Waals surface area contributed by atoms with Crippen molar-refractivity contribution in [2.24, 2.45) is 0 Å². The second-order valence-corrected chi connectivity index (χ2v) is 9.57. The first kappa shape index (κ1) is 15.4. The number of hydrogen-bond donors (Lipinski definition) is 0. The Morgan fingerprint density at radius 1 is 1.04 bits per heavy atom. The van der Waals surface area contributed by atoms with Crippen LogP contribution in [-0.4, -0.2) is 70.9 Å². The lowest BCUT2D eigenvalue weighted by atomic mass is 9.97. The van der Waals surface area contributed by atoms with Crippen LogP contribution in [0.4, 0.5) is 4.79 Å². The van der Waals surface area contributed by atoms with Gasteiger partial charge in [-0.2, -0.15) is 0 Å². The van der Waals surface area contributed by atoms with E-state index < -0.39 is 15.6 Å². The average molecular weight is 341 g/mol. The van der Waals surface area contributed by atoms with E-state index in [2.05, 4.69) is 0 Å². The Bertz CT molecular complexity index is 652. The number of hydrogen-bond acceptors (Lipinski definition) is 4. The van der Waals surface area contributed by atoms with E-state index in [-0.39, 0.29) is 23.2 Å². The number of amides is 3. The van der Waals surface area contributed by atoms with E-state index in [1.807, 2.05) is 6.92 Å². The van der Waals surface area contributed by atoms with Gasteiger partial charge >= 0.3 is 6.03 Å². The Hall–Kier alpha value is -1.15. The highest BCUT2D eigenvalue weighted by molar-refractivity contribution is 7.90. The minimum absolute atomic E-state index is 0.0940. The normalized spacial score (nSPS) is 33.6. The number of nitrogens with zero attached hydrogens (tertiary/aromatic N) is 3. The lowest BCUT2D eigenvalue weighted by Crippen LogP contribution is -2.50. The minimum Gasteiger partial charge on any atom is -0.310 e. The predicted octanol–water partition coefficient (Wildman–Crippen LogP) is 0.760. The van der Waals surface area contributed by atoms with Crippen molar-refractivity contribution in [2.75, 3.05) is 19.6 Å². The minimum atomic E-state index is -3.16. The Labute approximate surface area is 136 Å². The quantitative estimate of drug-likeness (QED) is 0.710. The SMILES string of the molecule is C[C@@]12CCCN1C(=O)N(C1CCN(S(=O)(=O)C3CC3)CC1)C2=O. The topological polar surface area (TPSA) is 78.0 Å². The van der Waals surface area contributed by atoms with E-state index in [1.165, 1.54) is 4.90 Å². The zero-order valence-corrected chi connectivity index (χ0v) is 14.2. The van der Waals surface area contributed by atoms with Crippen molar-refractivity contribution in [2.45, 2.75) is 62.3 Å². The van der Waals surface area contributed by atoms with Gasteiger partial charge in [0, 0.05) is 25.7 Å². The summed E-state index contributed by atoms with van der Waals surface area (Å²) in [6, 6.07) is -0.346. The lowest BCUT2D eigenvalue weighted by Gasteiger charge is -2.35. The van der Waals surface area contributed by atoms with Crippen LogP contribution in [0.25, 0.3) is 0 Å². The first-order valence-electron chi connectivity index (χ1n) is 8.50. The molecular formula is C15H23N3O4S. The van der Waals surface area contributed by atoms with E-state index in [9.17, 15) is 18.0 Å². The molecule has 0 bridgehead atoms. The molecule has 8 heteroatoms. The van der Waals surface area contributed by atoms with Gasteiger partial charge in [-0.15, -0.1) is 0 Å². The molecule has 4 fully saturated rings. The van der Waals surface area contributed by atoms with E-state index in [0.717, 1.165) is 25.7 Å². The van der Waals surface area contributed by atoms with Crippen molar-refractivity contribution in [3.8, 4) is 0 Å². The first-order valence-corrected chi connectivity index (χ1v) is 10.0. The molecule has 0 N–H and O–H groups in total. The highest BCUT2D eigenvalue weighted by atomic mass is 32.2. The van der Waals surface area contributed by atoms with Gasteiger partial charge in [0.25, 0.3) is 5.91 Å². The van der Waals surface area contributed by atoms with Crippen LogP contribution < -0.4 is 0 Å². The second kappa shape index (κ2) is 4.92. The monoisotopic (exact) mass is 341 g/mol. The molecule has 1 atom stereocenters. The van der Waals surface area contributed by atoms with Crippen LogP contribution in [-0.2, 0) is 14.8 Å². The van der Waals surface area contributed by atoms with E-state index in [1.54, 1.807) is 9.21 Å². The third kappa shape index (κ3) is 2.14. The van der Waals surface area contributed by atoms with Crippen molar-refractivity contribution in [1.82, 2.24) is 14.1 Å². The zero-order chi connectivity index (χ0) is 16.4. The van der Waals surface area contributed by atoms with Crippen LogP contribution in [0.3, 0.4) is 0 Å². The average Bonchev–Trinajstić information content (AvgIpc) is 3.28. The van der Waals surface area contributed by atoms with Crippen LogP contribution >= 0.6 is 0 Å². The van der Waals surface area contributed by atoms with E-state index >= 15 is 0 Å². The Balaban J connectivity index is 1.47. The van der Waals surface area contributed by atoms with Gasteiger partial charge in [-0.25, -0.2) is 17.5 Å². The number of carbonyl (C=O) groups excluding carboxylic acids is 2. The van der Waals surface area contributed by atoms with Crippen LogP contribution in [0.1, 0.15) is 45.4 Å². The molecule has 0 aromatic carbocycles. The number of fused-ring (bicyclic) bond motifs is 1. The first-order chi connectivity index (χ1) is 10.9. The molecule has 0 radical (unpaired) electrons. The fraction of sp³-hybridized carbons (Fsp3) is 0.867. The highest BCUT2D eigenvalue weighted by Crippen LogP contribution is 2.40. The van der Waals surface area contributed by atoms with Crippen molar-refractivity contribution in [1.29, 1.82) is 0 Å². The smallest absolute Gasteiger partial charge is 0.310 e. The van der Waals surface area contributed by atoms with E-state index in [4.69, 9.17) is 0 Å². The fourth-order valence-corrected chi connectivity index (χ4v) is 6.10. The maximum Gasteiger partial charge on any atom is 0.327 e. The summed E-state index contributed by atoms with van der Waals surface area (Å²) >= 11 is 0. The van der Waals surface area contributed by atoms with Gasteiger partial charge < -0.3 is 4.90 Å². The molecule has 0 unspecified atom stereocenters. The van der Waals surface area contributed by atoms with Gasteiger partial charge in [0.05, 0.1) is 5.25 Å². The number of urea groups is 1. The van der Waals surface area contributed by atoms with Gasteiger partial charge in [0.15, 0.2) is 0 Å². The molecule has 3 aliphatic heterocycles. The third-order valence-corrected chi connectivity index (χ3v) is 8.25. The Morgan fingerprint density at radius 2 is 1.70 bits per heavy atom. The molecule has 3 amide bonds. The summed E-state index contributed by atoms with van der Waals surface area (Å²) in [4.78, 5) is 28.5. The van der Waals surface area contributed by atoms with Crippen LogP contribution in [0, 0.1) is 0 Å². The van der Waals surface area contributed by atoms with Gasteiger partial charge in [0.1, 0.15) is 5.54 Å². The van der Waals surface area contributed by atoms with Crippen molar-refractivity contribution >= 4 is 22.0 Å². The van der Waals surface area contributed by atoms with Crippen molar-refractivity contribution < 1.29 is 18.0 Å². The molecule has 0 aromatic rings. The Morgan fingerprint density at radius 3 is 2.26 bits per heavy atom. The predicted molar refractivity (Wildman–Crippen MR) is 83.1 cm³/mol. The molecule has 128 valence electrons. The summed E-state index contributed by atoms with van der Waals surface area (Å²) in [5.41, 5.74) is -0.672. The molecule has 4 aliphatic rings. The summed E-state index contributed by atoms with van der Waals surface area (Å²) in [6.07, 6.45) is 4.22. The molecule has 0 spiro atoms. The molecule has 3 saturated heterocycles. The molecule has 4 rings (SSSR count). The summed E-state index contributed by atoms with van der Waals surface area (Å²) in [6.45, 7) is 3.33. The molecule has 1 aliphatic carbocycles. The van der Waals surface area contributed by atoms with Crippen LogP contribution in [0.15, 0.2) is 0 Å². The number of rotatable bonds is 3. The molecule has 0 aromatic heterocycles. The highest BCUT2D eigenvalue weighted by Gasteiger charge is 2.58. The van der Waals surface area contributed by atoms with Crippen molar-refractivity contribution in [3.05, 3.63) is 0 Å². The van der Waals surface area contributed by atoms with Crippen LogP contribution in [0.5, 0.6) is 0 Å². The number of carbonyl (C=O) groups is 2. The molecule has 23 heavy (non-hydrogen) atoms. The largest absolute Gasteiger partial charge is 0.327 e. The second-order valence-electron chi connectivity index (χ2n) is 7.36. The molecule has 3 heterocycles. The lowest BCUT2D eigenvalue weighted by molar-refractivity contribution is -0.133. The maximum atomic E-state index is 12.7. The number of imide groups is 1. The van der Waals surface area contributed by atoms with Gasteiger partial charge in [0.2, 0.25) is 10.0 Å². The molecular weight excluding hydrogens is 318 g/mol. The fourth-order valence-electron chi connectivity index (χ4n) is 4.22. The number of piperidine rings is 1. The summed E-state index contributed by atoms with van der Waals surface area (Å²) in [7, 11) is -3.16.